The minimum atomic E-state index is -0.571. The van der Waals surface area contributed by atoms with Gasteiger partial charge >= 0.3 is 0 Å². The van der Waals surface area contributed by atoms with Crippen molar-refractivity contribution in [3.8, 4) is 0 Å². The number of amides is 2. The molecule has 0 spiro atoms. The first kappa shape index (κ1) is 24.8. The number of rotatable bonds is 10. The molecule has 0 aliphatic carbocycles. The van der Waals surface area contributed by atoms with Crippen LogP contribution in [0.15, 0.2) is 53.0 Å². The molecule has 0 aliphatic heterocycles. The summed E-state index contributed by atoms with van der Waals surface area (Å²) >= 11 is 11.1. The Kier molecular flexibility index (Phi) is 10.2. The van der Waals surface area contributed by atoms with E-state index >= 15 is 0 Å². The van der Waals surface area contributed by atoms with Crippen LogP contribution in [-0.4, -0.2) is 34.6 Å². The molecule has 0 aromatic heterocycles. The van der Waals surface area contributed by atoms with E-state index in [2.05, 4.69) is 21.2 Å². The summed E-state index contributed by atoms with van der Waals surface area (Å²) in [6, 6.07) is 14.9. The minimum Gasteiger partial charge on any atom is -0.352 e. The predicted octanol–water partition coefficient (Wildman–Crippen LogP) is 5.67. The van der Waals surface area contributed by atoms with Gasteiger partial charge in [-0.15, -0.1) is 11.8 Å². The van der Waals surface area contributed by atoms with Crippen LogP contribution in [0.1, 0.15) is 38.3 Å². The zero-order chi connectivity index (χ0) is 22.1. The van der Waals surface area contributed by atoms with Crippen LogP contribution in [0.25, 0.3) is 0 Å². The fourth-order valence-electron chi connectivity index (χ4n) is 2.80. The molecule has 2 atom stereocenters. The van der Waals surface area contributed by atoms with Crippen LogP contribution < -0.4 is 5.32 Å². The molecule has 2 unspecified atom stereocenters. The van der Waals surface area contributed by atoms with Gasteiger partial charge in [0.25, 0.3) is 0 Å². The van der Waals surface area contributed by atoms with Gasteiger partial charge < -0.3 is 10.2 Å². The van der Waals surface area contributed by atoms with Crippen LogP contribution in [0.4, 0.5) is 0 Å². The Morgan fingerprint density at radius 2 is 1.83 bits per heavy atom. The van der Waals surface area contributed by atoms with E-state index in [0.717, 1.165) is 27.8 Å². The molecule has 1 N–H and O–H groups in total. The molecular weight excluding hydrogens is 484 g/mol. The largest absolute Gasteiger partial charge is 0.352 e. The van der Waals surface area contributed by atoms with E-state index in [1.807, 2.05) is 56.3 Å². The number of thioether (sulfide) groups is 1. The lowest BCUT2D eigenvalue weighted by molar-refractivity contribution is -0.138. The highest BCUT2D eigenvalue weighted by atomic mass is 79.9. The molecular formula is C23H28BrClN2O2S. The van der Waals surface area contributed by atoms with Crippen LogP contribution >= 0.6 is 39.3 Å². The third kappa shape index (κ3) is 7.97. The number of hydrogen-bond donors (Lipinski definition) is 1. The molecule has 4 nitrogen and oxygen atoms in total. The predicted molar refractivity (Wildman–Crippen MR) is 130 cm³/mol. The zero-order valence-corrected chi connectivity index (χ0v) is 20.7. The Balaban J connectivity index is 2.07. The number of carbonyl (C=O) groups is 2. The van der Waals surface area contributed by atoms with Crippen molar-refractivity contribution in [1.29, 1.82) is 0 Å². The van der Waals surface area contributed by atoms with E-state index in [1.165, 1.54) is 0 Å². The molecule has 0 bridgehead atoms. The van der Waals surface area contributed by atoms with E-state index in [0.29, 0.717) is 17.3 Å². The quantitative estimate of drug-likeness (QED) is 0.447. The molecule has 2 amide bonds. The highest BCUT2D eigenvalue weighted by Crippen LogP contribution is 2.19. The standard InChI is InChI=1S/C23H28BrClN2O2S/c1-4-16(2)26-23(29)17(3)27(13-19-6-5-7-21(25)12-19)22(28)15-30-14-18-8-10-20(24)11-9-18/h5-12,16-17H,4,13-15H2,1-3H3,(H,26,29). The number of nitrogens with zero attached hydrogens (tertiary/aromatic N) is 1. The van der Waals surface area contributed by atoms with Crippen LogP contribution in [0.5, 0.6) is 0 Å². The summed E-state index contributed by atoms with van der Waals surface area (Å²) < 4.78 is 1.03. The monoisotopic (exact) mass is 510 g/mol. The molecule has 2 rings (SSSR count). The maximum Gasteiger partial charge on any atom is 0.242 e. The smallest absolute Gasteiger partial charge is 0.242 e. The normalized spacial score (nSPS) is 12.8. The number of hydrogen-bond acceptors (Lipinski definition) is 3. The van der Waals surface area contributed by atoms with Crippen molar-refractivity contribution in [2.75, 3.05) is 5.75 Å². The summed E-state index contributed by atoms with van der Waals surface area (Å²) in [5, 5.41) is 3.59. The summed E-state index contributed by atoms with van der Waals surface area (Å²) in [4.78, 5) is 27.4. The van der Waals surface area contributed by atoms with Gasteiger partial charge in [0.15, 0.2) is 0 Å². The van der Waals surface area contributed by atoms with Crippen molar-refractivity contribution in [3.05, 3.63) is 69.2 Å². The summed E-state index contributed by atoms with van der Waals surface area (Å²) in [6.45, 7) is 6.10. The van der Waals surface area contributed by atoms with Crippen molar-refractivity contribution < 1.29 is 9.59 Å². The van der Waals surface area contributed by atoms with Crippen LogP contribution in [0.3, 0.4) is 0 Å². The van der Waals surface area contributed by atoms with Gasteiger partial charge in [0.2, 0.25) is 11.8 Å². The Morgan fingerprint density at radius 3 is 2.47 bits per heavy atom. The maximum atomic E-state index is 13.1. The lowest BCUT2D eigenvalue weighted by atomic mass is 10.1. The maximum absolute atomic E-state index is 13.1. The zero-order valence-electron chi connectivity index (χ0n) is 17.5. The molecule has 162 valence electrons. The van der Waals surface area contributed by atoms with E-state index in [1.54, 1.807) is 29.7 Å². The van der Waals surface area contributed by atoms with E-state index < -0.39 is 6.04 Å². The molecule has 0 heterocycles. The van der Waals surface area contributed by atoms with Gasteiger partial charge in [0, 0.05) is 27.8 Å². The van der Waals surface area contributed by atoms with Crippen LogP contribution in [-0.2, 0) is 21.9 Å². The average molecular weight is 512 g/mol. The van der Waals surface area contributed by atoms with Crippen LogP contribution in [0.2, 0.25) is 5.02 Å². The Labute approximate surface area is 196 Å². The van der Waals surface area contributed by atoms with Crippen molar-refractivity contribution in [2.24, 2.45) is 0 Å². The van der Waals surface area contributed by atoms with Crippen molar-refractivity contribution in [2.45, 2.75) is 51.6 Å². The third-order valence-corrected chi connectivity index (χ3v) is 6.57. The van der Waals surface area contributed by atoms with Gasteiger partial charge in [-0.1, -0.05) is 58.7 Å². The van der Waals surface area contributed by atoms with Gasteiger partial charge in [-0.3, -0.25) is 9.59 Å². The fraction of sp³-hybridized carbons (Fsp3) is 0.391. The van der Waals surface area contributed by atoms with Gasteiger partial charge in [-0.25, -0.2) is 0 Å². The lowest BCUT2D eigenvalue weighted by Crippen LogP contribution is -2.50. The van der Waals surface area contributed by atoms with Crippen molar-refractivity contribution in [1.82, 2.24) is 10.2 Å². The molecule has 7 heteroatoms. The van der Waals surface area contributed by atoms with Crippen molar-refractivity contribution >= 4 is 51.1 Å². The Morgan fingerprint density at radius 1 is 1.13 bits per heavy atom. The highest BCUT2D eigenvalue weighted by Gasteiger charge is 2.26. The molecule has 0 aliphatic rings. The van der Waals surface area contributed by atoms with Gasteiger partial charge in [0.05, 0.1) is 5.75 Å². The third-order valence-electron chi connectivity index (χ3n) is 4.82. The second-order valence-corrected chi connectivity index (χ2v) is 9.60. The van der Waals surface area contributed by atoms with E-state index in [4.69, 9.17) is 11.6 Å². The summed E-state index contributed by atoms with van der Waals surface area (Å²) in [7, 11) is 0. The SMILES string of the molecule is CCC(C)NC(=O)C(C)N(Cc1cccc(Cl)c1)C(=O)CSCc1ccc(Br)cc1. The number of halogens is 2. The topological polar surface area (TPSA) is 49.4 Å². The molecule has 0 fully saturated rings. The van der Waals surface area contributed by atoms with E-state index in [9.17, 15) is 9.59 Å². The van der Waals surface area contributed by atoms with E-state index in [-0.39, 0.29) is 17.9 Å². The van der Waals surface area contributed by atoms with Gasteiger partial charge in [-0.05, 0) is 55.7 Å². The first-order chi connectivity index (χ1) is 14.3. The lowest BCUT2D eigenvalue weighted by Gasteiger charge is -2.29. The second kappa shape index (κ2) is 12.4. The summed E-state index contributed by atoms with van der Waals surface area (Å²) in [5.41, 5.74) is 2.05. The second-order valence-electron chi connectivity index (χ2n) is 7.26. The average Bonchev–Trinajstić information content (AvgIpc) is 2.72. The molecule has 30 heavy (non-hydrogen) atoms. The molecule has 0 radical (unpaired) electrons. The molecule has 0 saturated carbocycles. The summed E-state index contributed by atoms with van der Waals surface area (Å²) in [6.07, 6.45) is 0.837. The minimum absolute atomic E-state index is 0.0647. The molecule has 2 aromatic rings. The first-order valence-corrected chi connectivity index (χ1v) is 12.3. The number of nitrogens with one attached hydrogen (secondary N) is 1. The molecule has 2 aromatic carbocycles. The van der Waals surface area contributed by atoms with Gasteiger partial charge in [-0.2, -0.15) is 0 Å². The highest BCUT2D eigenvalue weighted by molar-refractivity contribution is 9.10. The molecule has 0 saturated heterocycles. The van der Waals surface area contributed by atoms with Crippen molar-refractivity contribution in [3.63, 3.8) is 0 Å². The number of carbonyl (C=O) groups excluding carboxylic acids is 2. The van der Waals surface area contributed by atoms with Gasteiger partial charge in [0.1, 0.15) is 6.04 Å². The summed E-state index contributed by atoms with van der Waals surface area (Å²) in [5.74, 6) is 0.830. The fourth-order valence-corrected chi connectivity index (χ4v) is 4.15. The number of benzene rings is 2. The Hall–Kier alpha value is -1.50. The van der Waals surface area contributed by atoms with Crippen LogP contribution in [0, 0.1) is 0 Å². The Bertz CT molecular complexity index is 847. The first-order valence-electron chi connectivity index (χ1n) is 9.96.